The molecule has 170 valence electrons. The molecule has 0 spiro atoms. The van der Waals surface area contributed by atoms with Crippen molar-refractivity contribution in [1.29, 1.82) is 0 Å². The summed E-state index contributed by atoms with van der Waals surface area (Å²) in [5, 5.41) is 27.6. The first-order chi connectivity index (χ1) is 15.1. The summed E-state index contributed by atoms with van der Waals surface area (Å²) in [5.74, 6) is -2.80. The summed E-state index contributed by atoms with van der Waals surface area (Å²) in [5.41, 5.74) is 4.72. The molecule has 3 aromatic rings. The number of carbonyl (C=O) groups is 1. The summed E-state index contributed by atoms with van der Waals surface area (Å²) in [6.45, 7) is -0.884. The summed E-state index contributed by atoms with van der Waals surface area (Å²) >= 11 is 0. The van der Waals surface area contributed by atoms with Crippen molar-refractivity contribution in [2.24, 2.45) is 0 Å². The Balaban J connectivity index is 1.89. The average Bonchev–Trinajstić information content (AvgIpc) is 3.29. The van der Waals surface area contributed by atoms with E-state index in [0.29, 0.717) is 0 Å². The molecular weight excluding hydrogens is 453 g/mol. The van der Waals surface area contributed by atoms with Crippen molar-refractivity contribution in [3.8, 4) is 0 Å². The van der Waals surface area contributed by atoms with Gasteiger partial charge in [0, 0.05) is 6.20 Å². The summed E-state index contributed by atoms with van der Waals surface area (Å²) in [6, 6.07) is 2.19. The van der Waals surface area contributed by atoms with E-state index >= 15 is 0 Å². The summed E-state index contributed by atoms with van der Waals surface area (Å²) in [6.07, 6.45) is -2.81. The molecule has 14 nitrogen and oxygen atoms in total. The van der Waals surface area contributed by atoms with Gasteiger partial charge in [-0.1, -0.05) is 0 Å². The van der Waals surface area contributed by atoms with E-state index in [1.165, 1.54) is 6.07 Å². The number of imidazole rings is 1. The molecule has 1 aliphatic heterocycles. The number of nitrogens with one attached hydrogen (secondary N) is 1. The Labute approximate surface area is 178 Å². The van der Waals surface area contributed by atoms with Crippen LogP contribution in [0.2, 0.25) is 0 Å². The van der Waals surface area contributed by atoms with E-state index in [1.54, 1.807) is 4.72 Å². The molecule has 0 unspecified atom stereocenters. The van der Waals surface area contributed by atoms with Crippen molar-refractivity contribution >= 4 is 32.9 Å². The number of nitrogens with two attached hydrogens (primary N) is 1. The number of aliphatic hydroxyl groups is 3. The molecule has 3 aromatic heterocycles. The van der Waals surface area contributed by atoms with Gasteiger partial charge in [0.05, 0.1) is 12.2 Å². The standard InChI is InChI=1S/C16H16FN7O7S/c17-12-7(2-1-3-19-12)15(28)23-32(29,30)16(11(27)10(26)8(4-25)31-16)24-6-22-9-13(18)20-5-21-14(9)24/h1-3,5-6,8,10-11,25-27H,4H2,(H,23,28)(H2,18,20,21)/t8-,10-,11-,16+/m1/s1. The van der Waals surface area contributed by atoms with Crippen LogP contribution in [0.25, 0.3) is 11.2 Å². The van der Waals surface area contributed by atoms with Crippen molar-refractivity contribution in [3.63, 3.8) is 0 Å². The molecule has 4 atom stereocenters. The molecule has 0 aliphatic carbocycles. The lowest BCUT2D eigenvalue weighted by molar-refractivity contribution is -0.0847. The van der Waals surface area contributed by atoms with Crippen molar-refractivity contribution < 1.29 is 37.7 Å². The highest BCUT2D eigenvalue weighted by molar-refractivity contribution is 7.90. The van der Waals surface area contributed by atoms with Crippen molar-refractivity contribution in [2.75, 3.05) is 12.3 Å². The van der Waals surface area contributed by atoms with Gasteiger partial charge < -0.3 is 25.8 Å². The zero-order chi connectivity index (χ0) is 23.3. The molecule has 1 saturated heterocycles. The number of aromatic nitrogens is 5. The van der Waals surface area contributed by atoms with Gasteiger partial charge in [-0.2, -0.15) is 4.39 Å². The molecule has 16 heteroatoms. The second-order valence-corrected chi connectivity index (χ2v) is 8.52. The third kappa shape index (κ3) is 3.07. The first-order valence-corrected chi connectivity index (χ1v) is 10.4. The van der Waals surface area contributed by atoms with Gasteiger partial charge in [0.1, 0.15) is 36.5 Å². The van der Waals surface area contributed by atoms with E-state index in [-0.39, 0.29) is 17.0 Å². The van der Waals surface area contributed by atoms with E-state index < -0.39 is 57.4 Å². The van der Waals surface area contributed by atoms with Crippen LogP contribution in [-0.2, 0) is 19.8 Å². The number of ether oxygens (including phenoxy) is 1. The van der Waals surface area contributed by atoms with Gasteiger partial charge in [-0.25, -0.2) is 33.1 Å². The Kier molecular flexibility index (Phi) is 5.25. The number of hydrogen-bond acceptors (Lipinski definition) is 12. The molecule has 4 heterocycles. The number of nitrogen functional groups attached to an aromatic ring is 1. The van der Waals surface area contributed by atoms with Crippen molar-refractivity contribution in [2.45, 2.75) is 23.4 Å². The number of pyridine rings is 1. The average molecular weight is 469 g/mol. The van der Waals surface area contributed by atoms with Crippen LogP contribution in [0, 0.1) is 5.95 Å². The van der Waals surface area contributed by atoms with Gasteiger partial charge in [0.15, 0.2) is 11.5 Å². The van der Waals surface area contributed by atoms with E-state index in [4.69, 9.17) is 10.5 Å². The second-order valence-electron chi connectivity index (χ2n) is 6.73. The van der Waals surface area contributed by atoms with E-state index in [0.717, 1.165) is 29.5 Å². The number of amides is 1. The number of fused-ring (bicyclic) bond motifs is 1. The molecule has 1 fully saturated rings. The molecule has 6 N–H and O–H groups in total. The normalized spacial score (nSPS) is 25.8. The van der Waals surface area contributed by atoms with Crippen molar-refractivity contribution in [1.82, 2.24) is 29.2 Å². The lowest BCUT2D eigenvalue weighted by Crippen LogP contribution is -2.57. The molecule has 0 aromatic carbocycles. The first kappa shape index (κ1) is 21.9. The van der Waals surface area contributed by atoms with Gasteiger partial charge >= 0.3 is 5.06 Å². The summed E-state index contributed by atoms with van der Waals surface area (Å²) < 4.78 is 48.5. The Morgan fingerprint density at radius 1 is 1.31 bits per heavy atom. The van der Waals surface area contributed by atoms with Crippen molar-refractivity contribution in [3.05, 3.63) is 42.5 Å². The number of sulfonamides is 1. The van der Waals surface area contributed by atoms with Gasteiger partial charge in [0.2, 0.25) is 5.95 Å². The third-order valence-electron chi connectivity index (χ3n) is 4.89. The number of halogens is 1. The molecule has 0 saturated carbocycles. The van der Waals surface area contributed by atoms with Crippen LogP contribution in [0.5, 0.6) is 0 Å². The number of hydrogen-bond donors (Lipinski definition) is 5. The van der Waals surface area contributed by atoms with Crippen LogP contribution < -0.4 is 10.5 Å². The summed E-state index contributed by atoms with van der Waals surface area (Å²) in [7, 11) is -5.15. The maximum absolute atomic E-state index is 13.9. The highest BCUT2D eigenvalue weighted by Gasteiger charge is 2.65. The van der Waals surface area contributed by atoms with E-state index in [9.17, 15) is 32.9 Å². The molecule has 0 bridgehead atoms. The minimum atomic E-state index is -5.15. The molecular formula is C16H16FN7O7S. The van der Waals surface area contributed by atoms with Gasteiger partial charge in [-0.05, 0) is 12.1 Å². The quantitative estimate of drug-likeness (QED) is 0.244. The maximum atomic E-state index is 13.9. The second kappa shape index (κ2) is 7.68. The minimum absolute atomic E-state index is 0.0653. The Hall–Kier alpha value is -3.31. The predicted molar refractivity (Wildman–Crippen MR) is 102 cm³/mol. The van der Waals surface area contributed by atoms with Gasteiger partial charge in [-0.15, -0.1) is 0 Å². The highest BCUT2D eigenvalue weighted by Crippen LogP contribution is 2.41. The van der Waals surface area contributed by atoms with Crippen LogP contribution in [0.3, 0.4) is 0 Å². The molecule has 1 aliphatic rings. The maximum Gasteiger partial charge on any atom is 0.300 e. The van der Waals surface area contributed by atoms with Crippen LogP contribution in [0.4, 0.5) is 10.2 Å². The first-order valence-electron chi connectivity index (χ1n) is 8.90. The minimum Gasteiger partial charge on any atom is -0.394 e. The molecule has 4 rings (SSSR count). The van der Waals surface area contributed by atoms with Crippen LogP contribution in [0.15, 0.2) is 31.0 Å². The fraction of sp³-hybridized carbons (Fsp3) is 0.312. The zero-order valence-electron chi connectivity index (χ0n) is 15.9. The number of nitrogens with zero attached hydrogens (tertiary/aromatic N) is 5. The fourth-order valence-corrected chi connectivity index (χ4v) is 4.96. The number of aliphatic hydroxyl groups excluding tert-OH is 3. The van der Waals surface area contributed by atoms with E-state index in [1.807, 2.05) is 0 Å². The van der Waals surface area contributed by atoms with Gasteiger partial charge in [-0.3, -0.25) is 9.36 Å². The van der Waals surface area contributed by atoms with Crippen LogP contribution >= 0.6 is 0 Å². The fourth-order valence-electron chi connectivity index (χ4n) is 3.36. The third-order valence-corrected chi connectivity index (χ3v) is 6.65. The largest absolute Gasteiger partial charge is 0.394 e. The monoisotopic (exact) mass is 469 g/mol. The summed E-state index contributed by atoms with van der Waals surface area (Å²) in [4.78, 5) is 27.3. The SMILES string of the molecule is Nc1ncnc2c1ncn2[C@]1(S(=O)(=O)NC(=O)c2cccnc2F)O[C@H](CO)[C@@H](O)[C@H]1O. The predicted octanol–water partition coefficient (Wildman–Crippen LogP) is -2.57. The highest BCUT2D eigenvalue weighted by atomic mass is 32.2. The molecule has 0 radical (unpaired) electrons. The molecule has 1 amide bonds. The smallest absolute Gasteiger partial charge is 0.300 e. The van der Waals surface area contributed by atoms with Crippen LogP contribution in [0.1, 0.15) is 10.4 Å². The van der Waals surface area contributed by atoms with E-state index in [2.05, 4.69) is 19.9 Å². The lowest BCUT2D eigenvalue weighted by atomic mass is 10.1. The zero-order valence-corrected chi connectivity index (χ0v) is 16.7. The number of anilines is 1. The van der Waals surface area contributed by atoms with Gasteiger partial charge in [0.25, 0.3) is 15.9 Å². The van der Waals surface area contributed by atoms with Crippen LogP contribution in [-0.4, -0.2) is 79.1 Å². The number of rotatable bonds is 5. The Morgan fingerprint density at radius 2 is 2.06 bits per heavy atom. The lowest BCUT2D eigenvalue weighted by Gasteiger charge is -2.32. The Morgan fingerprint density at radius 3 is 2.72 bits per heavy atom. The Bertz CT molecular complexity index is 1300. The topological polar surface area (TPSA) is 216 Å². The molecule has 32 heavy (non-hydrogen) atoms. The number of carbonyl (C=O) groups excluding carboxylic acids is 1.